The van der Waals surface area contributed by atoms with Crippen LogP contribution in [0.3, 0.4) is 0 Å². The van der Waals surface area contributed by atoms with Crippen molar-refractivity contribution in [2.24, 2.45) is 0 Å². The summed E-state index contributed by atoms with van der Waals surface area (Å²) in [6.45, 7) is 1.87. The number of nitriles is 1. The highest BCUT2D eigenvalue weighted by Crippen LogP contribution is 2.30. The fourth-order valence-electron chi connectivity index (χ4n) is 4.03. The first-order valence-electron chi connectivity index (χ1n) is 10.3. The third kappa shape index (κ3) is 4.23. The van der Waals surface area contributed by atoms with Crippen molar-refractivity contribution in [1.82, 2.24) is 14.9 Å². The lowest BCUT2D eigenvalue weighted by Crippen LogP contribution is -2.40. The van der Waals surface area contributed by atoms with E-state index in [2.05, 4.69) is 21.4 Å². The Bertz CT molecular complexity index is 1330. The van der Waals surface area contributed by atoms with E-state index >= 15 is 0 Å². The van der Waals surface area contributed by atoms with Crippen LogP contribution in [-0.2, 0) is 9.59 Å². The van der Waals surface area contributed by atoms with Gasteiger partial charge in [-0.2, -0.15) is 5.26 Å². The van der Waals surface area contributed by atoms with Crippen molar-refractivity contribution < 1.29 is 18.8 Å². The van der Waals surface area contributed by atoms with Gasteiger partial charge >= 0.3 is 0 Å². The number of carbonyl (C=O) groups is 3. The van der Waals surface area contributed by atoms with E-state index in [-0.39, 0.29) is 35.5 Å². The van der Waals surface area contributed by atoms with Gasteiger partial charge in [0.2, 0.25) is 5.91 Å². The molecule has 2 aromatic heterocycles. The van der Waals surface area contributed by atoms with E-state index in [1.54, 1.807) is 24.5 Å². The number of nitrogens with zero attached hydrogens (tertiary/aromatic N) is 3. The number of aromatic amines is 1. The Labute approximate surface area is 188 Å². The third-order valence-corrected chi connectivity index (χ3v) is 5.62. The molecule has 2 amide bonds. The summed E-state index contributed by atoms with van der Waals surface area (Å²) in [7, 11) is 0. The normalized spacial score (nSPS) is 13.5. The number of hydrogen-bond acceptors (Lipinski definition) is 5. The summed E-state index contributed by atoms with van der Waals surface area (Å²) in [6, 6.07) is 8.27. The quantitative estimate of drug-likeness (QED) is 0.362. The molecule has 0 saturated carbocycles. The minimum atomic E-state index is -0.831. The first kappa shape index (κ1) is 21.9. The number of rotatable bonds is 4. The van der Waals surface area contributed by atoms with Gasteiger partial charge in [-0.05, 0) is 48.2 Å². The number of likely N-dealkylation sites (tertiary alicyclic amines) is 1. The number of amides is 2. The van der Waals surface area contributed by atoms with Gasteiger partial charge in [0.1, 0.15) is 5.82 Å². The van der Waals surface area contributed by atoms with Crippen molar-refractivity contribution in [3.63, 3.8) is 0 Å². The number of nitrogens with one attached hydrogen (secondary N) is 2. The van der Waals surface area contributed by atoms with Crippen molar-refractivity contribution in [1.29, 1.82) is 5.26 Å². The molecule has 3 aromatic rings. The number of ketones is 1. The monoisotopic (exact) mass is 445 g/mol. The van der Waals surface area contributed by atoms with Gasteiger partial charge in [0.15, 0.2) is 0 Å². The molecule has 2 N–H and O–H groups in total. The minimum absolute atomic E-state index is 0.0401. The lowest BCUT2D eigenvalue weighted by molar-refractivity contribution is -0.126. The molecule has 1 aliphatic heterocycles. The van der Waals surface area contributed by atoms with Crippen LogP contribution in [0.5, 0.6) is 0 Å². The molecule has 0 aliphatic carbocycles. The molecule has 166 valence electrons. The predicted octanol–water partition coefficient (Wildman–Crippen LogP) is 3.44. The third-order valence-electron chi connectivity index (χ3n) is 5.62. The standard InChI is InChI=1S/C24H20FN5O3/c1-14(31)29-20-3-2-19(25)21-18(13-28-22(20)21)23(32)24(33)30-10-6-16(7-11-30)17(12-26)15-4-8-27-9-5-15/h2-5,8-9,13,28H,6-7,10-11H2,1H3,(H,29,31). The number of allylic oxidation sites excluding steroid dienone is 1. The van der Waals surface area contributed by atoms with E-state index in [1.165, 1.54) is 24.1 Å². The number of fused-ring (bicyclic) bond motifs is 1. The highest BCUT2D eigenvalue weighted by molar-refractivity contribution is 6.45. The largest absolute Gasteiger partial charge is 0.359 e. The van der Waals surface area contributed by atoms with Gasteiger partial charge in [0.05, 0.1) is 28.4 Å². The van der Waals surface area contributed by atoms with Crippen molar-refractivity contribution >= 4 is 39.8 Å². The average molecular weight is 445 g/mol. The molecule has 4 rings (SSSR count). The second kappa shape index (κ2) is 9.04. The Balaban J connectivity index is 1.55. The van der Waals surface area contributed by atoms with Crippen molar-refractivity contribution in [3.05, 3.63) is 65.4 Å². The molecule has 1 aromatic carbocycles. The first-order valence-corrected chi connectivity index (χ1v) is 10.3. The van der Waals surface area contributed by atoms with Crippen LogP contribution in [0.15, 0.2) is 48.4 Å². The van der Waals surface area contributed by atoms with Crippen molar-refractivity contribution in [3.8, 4) is 6.07 Å². The van der Waals surface area contributed by atoms with E-state index in [4.69, 9.17) is 0 Å². The van der Waals surface area contributed by atoms with E-state index in [1.807, 2.05) is 0 Å². The molecule has 0 atom stereocenters. The van der Waals surface area contributed by atoms with Crippen LogP contribution in [0.1, 0.15) is 35.7 Å². The molecular formula is C24H20FN5O3. The van der Waals surface area contributed by atoms with E-state index in [9.17, 15) is 24.0 Å². The van der Waals surface area contributed by atoms with Crippen LogP contribution in [0.4, 0.5) is 10.1 Å². The number of aromatic nitrogens is 2. The number of halogens is 1. The van der Waals surface area contributed by atoms with Crippen LogP contribution in [-0.4, -0.2) is 45.6 Å². The zero-order chi connectivity index (χ0) is 23.5. The molecule has 33 heavy (non-hydrogen) atoms. The van der Waals surface area contributed by atoms with Gasteiger partial charge in [-0.1, -0.05) is 0 Å². The molecular weight excluding hydrogens is 425 g/mol. The van der Waals surface area contributed by atoms with Crippen LogP contribution in [0.25, 0.3) is 16.5 Å². The smallest absolute Gasteiger partial charge is 0.295 e. The van der Waals surface area contributed by atoms with Gasteiger partial charge in [-0.15, -0.1) is 0 Å². The Morgan fingerprint density at radius 1 is 1.15 bits per heavy atom. The number of piperidine rings is 1. The van der Waals surface area contributed by atoms with Crippen molar-refractivity contribution in [2.75, 3.05) is 18.4 Å². The molecule has 0 unspecified atom stereocenters. The average Bonchev–Trinajstić information content (AvgIpc) is 3.28. The van der Waals surface area contributed by atoms with Gasteiger partial charge in [-0.3, -0.25) is 19.4 Å². The Kier molecular flexibility index (Phi) is 6.00. The molecule has 0 bridgehead atoms. The molecule has 0 spiro atoms. The van der Waals surface area contributed by atoms with Crippen LogP contribution in [0, 0.1) is 17.1 Å². The molecule has 1 fully saturated rings. The molecule has 0 radical (unpaired) electrons. The lowest BCUT2D eigenvalue weighted by Gasteiger charge is -2.28. The number of carbonyl (C=O) groups excluding carboxylic acids is 3. The van der Waals surface area contributed by atoms with Crippen LogP contribution >= 0.6 is 0 Å². The van der Waals surface area contributed by atoms with Gasteiger partial charge in [0.25, 0.3) is 11.7 Å². The molecule has 1 aliphatic rings. The summed E-state index contributed by atoms with van der Waals surface area (Å²) in [4.78, 5) is 45.5. The lowest BCUT2D eigenvalue weighted by atomic mass is 9.94. The second-order valence-electron chi connectivity index (χ2n) is 7.68. The highest BCUT2D eigenvalue weighted by Gasteiger charge is 2.29. The summed E-state index contributed by atoms with van der Waals surface area (Å²) in [5.41, 5.74) is 2.70. The molecule has 8 nitrogen and oxygen atoms in total. The fraction of sp³-hybridized carbons (Fsp3) is 0.208. The zero-order valence-electron chi connectivity index (χ0n) is 17.8. The molecule has 9 heteroatoms. The summed E-state index contributed by atoms with van der Waals surface area (Å²) < 4.78 is 14.6. The fourth-order valence-corrected chi connectivity index (χ4v) is 4.03. The Morgan fingerprint density at radius 2 is 1.85 bits per heavy atom. The number of hydrogen-bond donors (Lipinski definition) is 2. The number of anilines is 1. The predicted molar refractivity (Wildman–Crippen MR) is 119 cm³/mol. The summed E-state index contributed by atoms with van der Waals surface area (Å²) in [5.74, 6) is -2.58. The number of benzene rings is 1. The Morgan fingerprint density at radius 3 is 2.48 bits per heavy atom. The molecule has 1 saturated heterocycles. The zero-order valence-corrected chi connectivity index (χ0v) is 17.8. The topological polar surface area (TPSA) is 119 Å². The van der Waals surface area contributed by atoms with Crippen LogP contribution < -0.4 is 5.32 Å². The summed E-state index contributed by atoms with van der Waals surface area (Å²) in [6.07, 6.45) is 5.43. The SMILES string of the molecule is CC(=O)Nc1ccc(F)c2c(C(=O)C(=O)N3CCC(=C(C#N)c4ccncc4)CC3)c[nH]c12. The highest BCUT2D eigenvalue weighted by atomic mass is 19.1. The maximum atomic E-state index is 14.6. The Hall–Kier alpha value is -4.32. The minimum Gasteiger partial charge on any atom is -0.359 e. The summed E-state index contributed by atoms with van der Waals surface area (Å²) in [5, 5.41) is 12.1. The second-order valence-corrected chi connectivity index (χ2v) is 7.68. The number of Topliss-reactive ketones (excluding diaryl/α,β-unsaturated/α-hetero) is 1. The van der Waals surface area contributed by atoms with Gasteiger partial charge < -0.3 is 15.2 Å². The van der Waals surface area contributed by atoms with E-state index in [0.717, 1.165) is 17.2 Å². The molecule has 3 heterocycles. The maximum Gasteiger partial charge on any atom is 0.295 e. The maximum absolute atomic E-state index is 14.6. The van der Waals surface area contributed by atoms with E-state index < -0.39 is 17.5 Å². The van der Waals surface area contributed by atoms with Crippen LogP contribution in [0.2, 0.25) is 0 Å². The van der Waals surface area contributed by atoms with Crippen molar-refractivity contribution in [2.45, 2.75) is 19.8 Å². The first-order chi connectivity index (χ1) is 15.9. The number of H-pyrrole nitrogens is 1. The van der Waals surface area contributed by atoms with Gasteiger partial charge in [-0.25, -0.2) is 4.39 Å². The van der Waals surface area contributed by atoms with E-state index in [0.29, 0.717) is 24.1 Å². The van der Waals surface area contributed by atoms with Gasteiger partial charge in [0, 0.05) is 44.0 Å². The number of pyridine rings is 1. The summed E-state index contributed by atoms with van der Waals surface area (Å²) >= 11 is 0.